The average molecular weight is 357 g/mol. The van der Waals surface area contributed by atoms with Gasteiger partial charge in [0.25, 0.3) is 0 Å². The number of nitrogens with one attached hydrogen (secondary N) is 1. The SMILES string of the molecule is Cc1ccc(N2CCC(NC(=O)Cc3ccccc3Cl)C2=O)cc1C. The van der Waals surface area contributed by atoms with Gasteiger partial charge < -0.3 is 10.2 Å². The number of rotatable bonds is 4. The van der Waals surface area contributed by atoms with Gasteiger partial charge in [-0.2, -0.15) is 0 Å². The summed E-state index contributed by atoms with van der Waals surface area (Å²) >= 11 is 6.09. The number of amides is 2. The van der Waals surface area contributed by atoms with Crippen LogP contribution in [0.3, 0.4) is 0 Å². The molecule has 0 aromatic heterocycles. The summed E-state index contributed by atoms with van der Waals surface area (Å²) < 4.78 is 0. The third-order valence-electron chi connectivity index (χ3n) is 4.65. The molecule has 2 aromatic rings. The van der Waals surface area contributed by atoms with Crippen molar-refractivity contribution >= 4 is 29.1 Å². The lowest BCUT2D eigenvalue weighted by atomic mass is 10.1. The summed E-state index contributed by atoms with van der Waals surface area (Å²) in [6, 6.07) is 12.8. The Bertz CT molecular complexity index is 819. The zero-order valence-electron chi connectivity index (χ0n) is 14.4. The van der Waals surface area contributed by atoms with Gasteiger partial charge in [0.15, 0.2) is 0 Å². The van der Waals surface area contributed by atoms with Crippen LogP contribution >= 0.6 is 11.6 Å². The van der Waals surface area contributed by atoms with Gasteiger partial charge in [-0.1, -0.05) is 35.9 Å². The molecule has 130 valence electrons. The topological polar surface area (TPSA) is 49.4 Å². The van der Waals surface area contributed by atoms with E-state index in [0.717, 1.165) is 16.8 Å². The van der Waals surface area contributed by atoms with Gasteiger partial charge in [0, 0.05) is 17.3 Å². The van der Waals surface area contributed by atoms with Crippen LogP contribution in [0.25, 0.3) is 0 Å². The number of benzene rings is 2. The summed E-state index contributed by atoms with van der Waals surface area (Å²) in [7, 11) is 0. The number of hydrogen-bond donors (Lipinski definition) is 1. The Morgan fingerprint density at radius 1 is 1.20 bits per heavy atom. The number of carbonyl (C=O) groups excluding carboxylic acids is 2. The van der Waals surface area contributed by atoms with E-state index in [-0.39, 0.29) is 18.2 Å². The normalized spacial score (nSPS) is 17.0. The molecule has 3 rings (SSSR count). The maximum absolute atomic E-state index is 12.6. The summed E-state index contributed by atoms with van der Waals surface area (Å²) in [5, 5.41) is 3.40. The fraction of sp³-hybridized carbons (Fsp3) is 0.300. The van der Waals surface area contributed by atoms with E-state index in [1.165, 1.54) is 5.56 Å². The molecule has 2 aromatic carbocycles. The highest BCUT2D eigenvalue weighted by molar-refractivity contribution is 6.31. The molecule has 1 heterocycles. The van der Waals surface area contributed by atoms with Gasteiger partial charge >= 0.3 is 0 Å². The fourth-order valence-electron chi connectivity index (χ4n) is 3.02. The van der Waals surface area contributed by atoms with Crippen LogP contribution in [0.5, 0.6) is 0 Å². The molecule has 1 aliphatic heterocycles. The van der Waals surface area contributed by atoms with Crippen molar-refractivity contribution in [1.82, 2.24) is 5.32 Å². The smallest absolute Gasteiger partial charge is 0.249 e. The lowest BCUT2D eigenvalue weighted by molar-refractivity contribution is -0.126. The van der Waals surface area contributed by atoms with Crippen molar-refractivity contribution in [1.29, 1.82) is 0 Å². The maximum atomic E-state index is 12.6. The second kappa shape index (κ2) is 7.28. The standard InChI is InChI=1S/C20H21ClN2O2/c1-13-7-8-16(11-14(13)2)23-10-9-18(20(23)25)22-19(24)12-15-5-3-4-6-17(15)21/h3-8,11,18H,9-10,12H2,1-2H3,(H,22,24). The van der Waals surface area contributed by atoms with Crippen molar-refractivity contribution in [3.8, 4) is 0 Å². The highest BCUT2D eigenvalue weighted by atomic mass is 35.5. The number of hydrogen-bond acceptors (Lipinski definition) is 2. The van der Waals surface area contributed by atoms with Crippen molar-refractivity contribution in [3.63, 3.8) is 0 Å². The molecule has 5 heteroatoms. The van der Waals surface area contributed by atoms with Gasteiger partial charge in [-0.05, 0) is 55.2 Å². The molecule has 25 heavy (non-hydrogen) atoms. The zero-order valence-corrected chi connectivity index (χ0v) is 15.1. The molecule has 0 bridgehead atoms. The Morgan fingerprint density at radius 3 is 2.68 bits per heavy atom. The Morgan fingerprint density at radius 2 is 1.96 bits per heavy atom. The van der Waals surface area contributed by atoms with Crippen LogP contribution in [-0.4, -0.2) is 24.4 Å². The number of anilines is 1. The molecule has 0 spiro atoms. The molecule has 1 aliphatic rings. The van der Waals surface area contributed by atoms with Crippen molar-refractivity contribution in [3.05, 3.63) is 64.2 Å². The predicted molar refractivity (Wildman–Crippen MR) is 100.0 cm³/mol. The van der Waals surface area contributed by atoms with E-state index in [0.29, 0.717) is 18.0 Å². The molecule has 1 N–H and O–H groups in total. The summed E-state index contributed by atoms with van der Waals surface area (Å²) in [4.78, 5) is 26.7. The molecular weight excluding hydrogens is 336 g/mol. The first-order valence-corrected chi connectivity index (χ1v) is 8.75. The first-order valence-electron chi connectivity index (χ1n) is 8.37. The van der Waals surface area contributed by atoms with Gasteiger partial charge in [0.05, 0.1) is 6.42 Å². The van der Waals surface area contributed by atoms with Crippen molar-refractivity contribution in [2.24, 2.45) is 0 Å². The van der Waals surface area contributed by atoms with Gasteiger partial charge in [-0.25, -0.2) is 0 Å². The molecule has 2 amide bonds. The number of carbonyl (C=O) groups is 2. The van der Waals surface area contributed by atoms with Crippen molar-refractivity contribution in [2.45, 2.75) is 32.7 Å². The van der Waals surface area contributed by atoms with Gasteiger partial charge in [0.1, 0.15) is 6.04 Å². The van der Waals surface area contributed by atoms with Crippen molar-refractivity contribution < 1.29 is 9.59 Å². The third kappa shape index (κ3) is 3.85. The molecule has 1 fully saturated rings. The zero-order chi connectivity index (χ0) is 18.0. The summed E-state index contributed by atoms with van der Waals surface area (Å²) in [5.41, 5.74) is 3.99. The minimum Gasteiger partial charge on any atom is -0.344 e. The molecule has 4 nitrogen and oxygen atoms in total. The molecule has 0 radical (unpaired) electrons. The van der Waals surface area contributed by atoms with Gasteiger partial charge in [-0.3, -0.25) is 9.59 Å². The number of aryl methyl sites for hydroxylation is 2. The monoisotopic (exact) mass is 356 g/mol. The quantitative estimate of drug-likeness (QED) is 0.912. The van der Waals surface area contributed by atoms with E-state index in [4.69, 9.17) is 11.6 Å². The van der Waals surface area contributed by atoms with Crippen LogP contribution in [0.4, 0.5) is 5.69 Å². The highest BCUT2D eigenvalue weighted by Gasteiger charge is 2.33. The molecule has 1 atom stereocenters. The summed E-state index contributed by atoms with van der Waals surface area (Å²) in [5.74, 6) is -0.246. The summed E-state index contributed by atoms with van der Waals surface area (Å²) in [6.07, 6.45) is 0.785. The molecule has 1 saturated heterocycles. The first kappa shape index (κ1) is 17.5. The average Bonchev–Trinajstić information content (AvgIpc) is 2.93. The van der Waals surface area contributed by atoms with Crippen LogP contribution in [0.1, 0.15) is 23.1 Å². The molecule has 0 aliphatic carbocycles. The predicted octanol–water partition coefficient (Wildman–Crippen LogP) is 3.42. The van der Waals surface area contributed by atoms with Crippen molar-refractivity contribution in [2.75, 3.05) is 11.4 Å². The van der Waals surface area contributed by atoms with E-state index in [9.17, 15) is 9.59 Å². The van der Waals surface area contributed by atoms with Crippen LogP contribution < -0.4 is 10.2 Å². The van der Waals surface area contributed by atoms with Crippen LogP contribution in [-0.2, 0) is 16.0 Å². The van der Waals surface area contributed by atoms with Crippen LogP contribution in [0, 0.1) is 13.8 Å². The highest BCUT2D eigenvalue weighted by Crippen LogP contribution is 2.24. The Hall–Kier alpha value is -2.33. The first-order chi connectivity index (χ1) is 12.0. The van der Waals surface area contributed by atoms with E-state index >= 15 is 0 Å². The van der Waals surface area contributed by atoms with E-state index < -0.39 is 6.04 Å². The minimum atomic E-state index is -0.475. The van der Waals surface area contributed by atoms with E-state index in [2.05, 4.69) is 5.32 Å². The van der Waals surface area contributed by atoms with E-state index in [1.807, 2.05) is 50.2 Å². The Kier molecular flexibility index (Phi) is 5.09. The lowest BCUT2D eigenvalue weighted by Crippen LogP contribution is -2.42. The summed E-state index contributed by atoms with van der Waals surface area (Å²) in [6.45, 7) is 4.68. The molecule has 0 saturated carbocycles. The Labute approximate surface area is 152 Å². The minimum absolute atomic E-state index is 0.0595. The number of halogens is 1. The second-order valence-electron chi connectivity index (χ2n) is 6.44. The largest absolute Gasteiger partial charge is 0.344 e. The van der Waals surface area contributed by atoms with E-state index in [1.54, 1.807) is 11.0 Å². The maximum Gasteiger partial charge on any atom is 0.249 e. The Balaban J connectivity index is 1.65. The second-order valence-corrected chi connectivity index (χ2v) is 6.84. The van der Waals surface area contributed by atoms with Gasteiger partial charge in [-0.15, -0.1) is 0 Å². The van der Waals surface area contributed by atoms with Crippen LogP contribution in [0.15, 0.2) is 42.5 Å². The lowest BCUT2D eigenvalue weighted by Gasteiger charge is -2.18. The third-order valence-corrected chi connectivity index (χ3v) is 5.02. The fourth-order valence-corrected chi connectivity index (χ4v) is 3.23. The van der Waals surface area contributed by atoms with Gasteiger partial charge in [0.2, 0.25) is 11.8 Å². The van der Waals surface area contributed by atoms with Crippen LogP contribution in [0.2, 0.25) is 5.02 Å². The molecule has 1 unspecified atom stereocenters. The number of nitrogens with zero attached hydrogens (tertiary/aromatic N) is 1. The molecular formula is C20H21ClN2O2.